The second-order valence-corrected chi connectivity index (χ2v) is 9.08. The van der Waals surface area contributed by atoms with Crippen LogP contribution in [0.25, 0.3) is 11.0 Å². The molecule has 1 amide bonds. The van der Waals surface area contributed by atoms with Gasteiger partial charge in [0.15, 0.2) is 0 Å². The lowest BCUT2D eigenvalue weighted by Gasteiger charge is -2.22. The van der Waals surface area contributed by atoms with E-state index in [1.807, 2.05) is 48.2 Å². The van der Waals surface area contributed by atoms with E-state index < -0.39 is 0 Å². The van der Waals surface area contributed by atoms with Crippen LogP contribution in [0.2, 0.25) is 5.02 Å². The highest BCUT2D eigenvalue weighted by atomic mass is 35.5. The maximum absolute atomic E-state index is 13.4. The van der Waals surface area contributed by atoms with Gasteiger partial charge in [0.2, 0.25) is 0 Å². The van der Waals surface area contributed by atoms with E-state index in [1.54, 1.807) is 12.1 Å². The Morgan fingerprint density at radius 1 is 1.23 bits per heavy atom. The predicted octanol–water partition coefficient (Wildman–Crippen LogP) is 5.54. The van der Waals surface area contributed by atoms with Crippen LogP contribution in [0.15, 0.2) is 48.5 Å². The zero-order valence-corrected chi connectivity index (χ0v) is 18.5. The van der Waals surface area contributed by atoms with Crippen molar-refractivity contribution >= 4 is 39.9 Å². The number of para-hydroxylation sites is 2. The van der Waals surface area contributed by atoms with E-state index in [-0.39, 0.29) is 11.9 Å². The molecule has 158 valence electrons. The van der Waals surface area contributed by atoms with E-state index in [0.29, 0.717) is 23.1 Å². The van der Waals surface area contributed by atoms with Gasteiger partial charge in [-0.2, -0.15) is 0 Å². The lowest BCUT2D eigenvalue weighted by atomic mass is 10.2. The lowest BCUT2D eigenvalue weighted by molar-refractivity contribution is 0.0734. The normalized spacial score (nSPS) is 16.2. The van der Waals surface area contributed by atoms with Crippen molar-refractivity contribution in [3.05, 3.63) is 75.0 Å². The fraction of sp³-hybridized carbons (Fsp3) is 0.261. The second kappa shape index (κ2) is 8.32. The number of hydrogen-bond acceptors (Lipinski definition) is 5. The zero-order valence-electron chi connectivity index (χ0n) is 17.0. The lowest BCUT2D eigenvalue weighted by Crippen LogP contribution is -2.31. The molecule has 1 saturated heterocycles. The number of carbonyl (C=O) groups is 1. The molecule has 0 radical (unpaired) electrons. The first kappa shape index (κ1) is 20.0. The molecule has 6 nitrogen and oxygen atoms in total. The average Bonchev–Trinajstić information content (AvgIpc) is 3.50. The Kier molecular flexibility index (Phi) is 5.38. The summed E-state index contributed by atoms with van der Waals surface area (Å²) in [5.41, 5.74) is 2.65. The summed E-state index contributed by atoms with van der Waals surface area (Å²) in [6.45, 7) is 2.91. The third-order valence-electron chi connectivity index (χ3n) is 5.45. The number of thiazole rings is 1. The molecule has 2 aromatic carbocycles. The average molecular weight is 453 g/mol. The molecule has 0 bridgehead atoms. The standard InChI is InChI=1S/C23H21ClN4O2S/c1-14-21(31-20(25-14)13-30-16-10-8-15(24)9-11-16)23(29)28-12-4-7-19(28)22-26-17-5-2-3-6-18(17)27-22/h2-3,5-6,8-11,19H,4,7,12-13H2,1H3,(H,26,27). The molecule has 8 heteroatoms. The van der Waals surface area contributed by atoms with Crippen LogP contribution in [-0.4, -0.2) is 32.3 Å². The Morgan fingerprint density at radius 3 is 2.84 bits per heavy atom. The zero-order chi connectivity index (χ0) is 21.4. The molecule has 0 aliphatic carbocycles. The first-order chi connectivity index (χ1) is 15.1. The maximum Gasteiger partial charge on any atom is 0.266 e. The summed E-state index contributed by atoms with van der Waals surface area (Å²) in [5, 5.41) is 1.44. The maximum atomic E-state index is 13.4. The number of aryl methyl sites for hydroxylation is 1. The Balaban J connectivity index is 1.33. The van der Waals surface area contributed by atoms with E-state index in [0.717, 1.165) is 46.2 Å². The number of nitrogens with one attached hydrogen (secondary N) is 1. The van der Waals surface area contributed by atoms with Crippen LogP contribution in [0.3, 0.4) is 0 Å². The summed E-state index contributed by atoms with van der Waals surface area (Å²) in [5.74, 6) is 1.57. The third kappa shape index (κ3) is 4.03. The minimum absolute atomic E-state index is 0.00991. The summed E-state index contributed by atoms with van der Waals surface area (Å²) in [6, 6.07) is 15.1. The highest BCUT2D eigenvalue weighted by molar-refractivity contribution is 7.13. The number of amides is 1. The molecule has 1 N–H and O–H groups in total. The Bertz CT molecular complexity index is 1200. The van der Waals surface area contributed by atoms with Gasteiger partial charge in [-0.05, 0) is 56.2 Å². The number of halogens is 1. The number of benzene rings is 2. The Labute approximate surface area is 188 Å². The van der Waals surface area contributed by atoms with Crippen LogP contribution < -0.4 is 4.74 Å². The first-order valence-corrected chi connectivity index (χ1v) is 11.4. The first-order valence-electron chi connectivity index (χ1n) is 10.2. The molecule has 1 atom stereocenters. The van der Waals surface area contributed by atoms with Gasteiger partial charge in [0.05, 0.1) is 22.8 Å². The van der Waals surface area contributed by atoms with Gasteiger partial charge in [-0.3, -0.25) is 4.79 Å². The van der Waals surface area contributed by atoms with Crippen molar-refractivity contribution in [3.63, 3.8) is 0 Å². The Morgan fingerprint density at radius 2 is 2.03 bits per heavy atom. The van der Waals surface area contributed by atoms with Gasteiger partial charge in [-0.25, -0.2) is 9.97 Å². The quantitative estimate of drug-likeness (QED) is 0.431. The molecule has 31 heavy (non-hydrogen) atoms. The number of nitrogens with zero attached hydrogens (tertiary/aromatic N) is 3. The van der Waals surface area contributed by atoms with E-state index in [4.69, 9.17) is 21.3 Å². The monoisotopic (exact) mass is 452 g/mol. The van der Waals surface area contributed by atoms with Crippen molar-refractivity contribution in [1.29, 1.82) is 0 Å². The Hall–Kier alpha value is -2.90. The predicted molar refractivity (Wildman–Crippen MR) is 122 cm³/mol. The van der Waals surface area contributed by atoms with Crippen molar-refractivity contribution in [2.75, 3.05) is 6.54 Å². The van der Waals surface area contributed by atoms with Gasteiger partial charge < -0.3 is 14.6 Å². The molecular weight excluding hydrogens is 432 g/mol. The molecule has 1 fully saturated rings. The molecule has 1 aliphatic heterocycles. The number of rotatable bonds is 5. The molecule has 4 aromatic rings. The fourth-order valence-corrected chi connectivity index (χ4v) is 5.00. The minimum atomic E-state index is -0.0461. The second-order valence-electron chi connectivity index (χ2n) is 7.56. The largest absolute Gasteiger partial charge is 0.486 e. The molecule has 0 saturated carbocycles. The van der Waals surface area contributed by atoms with Gasteiger partial charge in [-0.15, -0.1) is 11.3 Å². The highest BCUT2D eigenvalue weighted by Gasteiger charge is 2.34. The molecule has 1 aliphatic rings. The van der Waals surface area contributed by atoms with E-state index >= 15 is 0 Å². The molecule has 3 heterocycles. The van der Waals surface area contributed by atoms with Crippen LogP contribution in [-0.2, 0) is 6.61 Å². The number of aromatic amines is 1. The number of carbonyl (C=O) groups excluding carboxylic acids is 1. The number of likely N-dealkylation sites (tertiary alicyclic amines) is 1. The van der Waals surface area contributed by atoms with Crippen LogP contribution in [0.5, 0.6) is 5.75 Å². The van der Waals surface area contributed by atoms with Gasteiger partial charge in [0, 0.05) is 11.6 Å². The molecule has 5 rings (SSSR count). The smallest absolute Gasteiger partial charge is 0.266 e. The number of aromatic nitrogens is 3. The van der Waals surface area contributed by atoms with Crippen LogP contribution in [0, 0.1) is 6.92 Å². The molecule has 0 spiro atoms. The van der Waals surface area contributed by atoms with Crippen molar-refractivity contribution in [2.45, 2.75) is 32.4 Å². The number of H-pyrrole nitrogens is 1. The molecule has 1 unspecified atom stereocenters. The number of ether oxygens (including phenoxy) is 1. The highest BCUT2D eigenvalue weighted by Crippen LogP contribution is 2.34. The summed E-state index contributed by atoms with van der Waals surface area (Å²) >= 11 is 7.31. The minimum Gasteiger partial charge on any atom is -0.486 e. The van der Waals surface area contributed by atoms with Gasteiger partial charge in [0.1, 0.15) is 28.1 Å². The summed E-state index contributed by atoms with van der Waals surface area (Å²) < 4.78 is 5.79. The van der Waals surface area contributed by atoms with Crippen molar-refractivity contribution in [1.82, 2.24) is 19.9 Å². The van der Waals surface area contributed by atoms with Crippen molar-refractivity contribution in [2.24, 2.45) is 0 Å². The third-order valence-corrected chi connectivity index (χ3v) is 6.82. The van der Waals surface area contributed by atoms with Crippen LogP contribution in [0.4, 0.5) is 0 Å². The van der Waals surface area contributed by atoms with Crippen LogP contribution >= 0.6 is 22.9 Å². The van der Waals surface area contributed by atoms with Crippen molar-refractivity contribution in [3.8, 4) is 5.75 Å². The number of fused-ring (bicyclic) bond motifs is 1. The van der Waals surface area contributed by atoms with Crippen LogP contribution in [0.1, 0.15) is 45.1 Å². The summed E-state index contributed by atoms with van der Waals surface area (Å²) in [4.78, 5) is 28.7. The van der Waals surface area contributed by atoms with E-state index in [1.165, 1.54) is 11.3 Å². The SMILES string of the molecule is Cc1nc(COc2ccc(Cl)cc2)sc1C(=O)N1CCCC1c1nc2ccccc2[nH]1. The fourth-order valence-electron chi connectivity index (χ4n) is 3.94. The van der Waals surface area contributed by atoms with E-state index in [2.05, 4.69) is 9.97 Å². The molecule has 2 aromatic heterocycles. The van der Waals surface area contributed by atoms with Crippen molar-refractivity contribution < 1.29 is 9.53 Å². The van der Waals surface area contributed by atoms with Gasteiger partial charge in [0.25, 0.3) is 5.91 Å². The number of hydrogen-bond donors (Lipinski definition) is 1. The van der Waals surface area contributed by atoms with Gasteiger partial charge >= 0.3 is 0 Å². The summed E-state index contributed by atoms with van der Waals surface area (Å²) in [7, 11) is 0. The van der Waals surface area contributed by atoms with Gasteiger partial charge in [-0.1, -0.05) is 23.7 Å². The number of imidazole rings is 1. The molecular formula is C23H21ClN4O2S. The summed E-state index contributed by atoms with van der Waals surface area (Å²) in [6.07, 6.45) is 1.85. The topological polar surface area (TPSA) is 71.1 Å². The van der Waals surface area contributed by atoms with E-state index in [9.17, 15) is 4.79 Å².